The molecule has 1 aromatic heterocycles. The maximum absolute atomic E-state index is 13.9. The first-order valence-corrected chi connectivity index (χ1v) is 9.03. The second kappa shape index (κ2) is 8.48. The lowest BCUT2D eigenvalue weighted by Gasteiger charge is -2.18. The molecule has 0 saturated heterocycles. The third kappa shape index (κ3) is 4.10. The molecule has 3 rings (SSSR count). The summed E-state index contributed by atoms with van der Waals surface area (Å²) in [5.41, 5.74) is 0.214. The number of hydrogen-bond donors (Lipinski definition) is 1. The second-order valence-electron chi connectivity index (χ2n) is 6.62. The lowest BCUT2D eigenvalue weighted by molar-refractivity contribution is -0.119. The molecule has 0 spiro atoms. The number of benzene rings is 2. The van der Waals surface area contributed by atoms with Crippen LogP contribution in [0.5, 0.6) is 0 Å². The SMILES string of the molecule is CC[C@@H](C(=O)Nc1c(F)c(F)cc(F)c1F)n1nc(-c2ccc(C)cc2)ccc1=O. The molecule has 1 amide bonds. The summed E-state index contributed by atoms with van der Waals surface area (Å²) < 4.78 is 55.5. The summed E-state index contributed by atoms with van der Waals surface area (Å²) in [5, 5.41) is 6.03. The first kappa shape index (κ1) is 21.2. The van der Waals surface area contributed by atoms with Crippen molar-refractivity contribution in [2.45, 2.75) is 26.3 Å². The van der Waals surface area contributed by atoms with E-state index in [1.165, 1.54) is 12.1 Å². The standard InChI is InChI=1S/C21H17F4N3O2/c1-3-16(21(30)26-20-18(24)13(22)10-14(23)19(20)25)28-17(29)9-8-15(27-28)12-6-4-11(2)5-7-12/h4-10,16H,3H2,1-2H3,(H,26,30)/t16-/m0/s1. The monoisotopic (exact) mass is 419 g/mol. The number of anilines is 1. The van der Waals surface area contributed by atoms with Gasteiger partial charge in [0.05, 0.1) is 5.69 Å². The van der Waals surface area contributed by atoms with E-state index in [1.807, 2.05) is 24.4 Å². The maximum atomic E-state index is 13.9. The Morgan fingerprint density at radius 1 is 1.03 bits per heavy atom. The highest BCUT2D eigenvalue weighted by atomic mass is 19.2. The Morgan fingerprint density at radius 3 is 2.20 bits per heavy atom. The summed E-state index contributed by atoms with van der Waals surface area (Å²) in [6.07, 6.45) is 0.0249. The molecule has 0 aliphatic carbocycles. The van der Waals surface area contributed by atoms with Gasteiger partial charge in [-0.05, 0) is 19.4 Å². The van der Waals surface area contributed by atoms with Gasteiger partial charge in [-0.15, -0.1) is 0 Å². The van der Waals surface area contributed by atoms with E-state index in [4.69, 9.17) is 0 Å². The Labute approximate surface area is 169 Å². The second-order valence-corrected chi connectivity index (χ2v) is 6.62. The lowest BCUT2D eigenvalue weighted by Crippen LogP contribution is -2.35. The zero-order valence-corrected chi connectivity index (χ0v) is 16.0. The number of nitrogens with zero attached hydrogens (tertiary/aromatic N) is 2. The number of halogens is 4. The minimum absolute atomic E-state index is 0.0249. The van der Waals surface area contributed by atoms with Gasteiger partial charge in [0.25, 0.3) is 5.56 Å². The van der Waals surface area contributed by atoms with E-state index in [0.717, 1.165) is 10.2 Å². The Bertz CT molecular complexity index is 1130. The molecule has 30 heavy (non-hydrogen) atoms. The molecule has 1 atom stereocenters. The lowest BCUT2D eigenvalue weighted by atomic mass is 10.1. The van der Waals surface area contributed by atoms with Crippen LogP contribution in [-0.2, 0) is 4.79 Å². The first-order chi connectivity index (χ1) is 14.2. The highest BCUT2D eigenvalue weighted by Gasteiger charge is 2.26. The minimum atomic E-state index is -1.74. The third-order valence-corrected chi connectivity index (χ3v) is 4.52. The molecule has 0 radical (unpaired) electrons. The summed E-state index contributed by atoms with van der Waals surface area (Å²) in [7, 11) is 0. The smallest absolute Gasteiger partial charge is 0.267 e. The van der Waals surface area contributed by atoms with E-state index in [0.29, 0.717) is 11.3 Å². The van der Waals surface area contributed by atoms with Gasteiger partial charge in [0.15, 0.2) is 23.3 Å². The quantitative estimate of drug-likeness (QED) is 0.494. The van der Waals surface area contributed by atoms with E-state index < -0.39 is 46.5 Å². The largest absolute Gasteiger partial charge is 0.319 e. The van der Waals surface area contributed by atoms with Gasteiger partial charge in [0, 0.05) is 17.7 Å². The van der Waals surface area contributed by atoms with Crippen molar-refractivity contribution in [3.8, 4) is 11.3 Å². The van der Waals surface area contributed by atoms with Gasteiger partial charge in [-0.1, -0.05) is 36.8 Å². The number of nitrogens with one attached hydrogen (secondary N) is 1. The summed E-state index contributed by atoms with van der Waals surface area (Å²) in [4.78, 5) is 24.9. The molecular weight excluding hydrogens is 402 g/mol. The van der Waals surface area contributed by atoms with Crippen LogP contribution in [-0.4, -0.2) is 15.7 Å². The van der Waals surface area contributed by atoms with Crippen LogP contribution in [0.15, 0.2) is 47.3 Å². The van der Waals surface area contributed by atoms with Crippen LogP contribution in [0, 0.1) is 30.2 Å². The van der Waals surface area contributed by atoms with E-state index >= 15 is 0 Å². The number of carbonyl (C=O) groups excluding carboxylic acids is 1. The van der Waals surface area contributed by atoms with Gasteiger partial charge in [-0.25, -0.2) is 22.2 Å². The number of rotatable bonds is 5. The maximum Gasteiger partial charge on any atom is 0.267 e. The zero-order chi connectivity index (χ0) is 22.0. The third-order valence-electron chi connectivity index (χ3n) is 4.52. The van der Waals surface area contributed by atoms with E-state index in [1.54, 1.807) is 19.1 Å². The summed E-state index contributed by atoms with van der Waals surface area (Å²) >= 11 is 0. The van der Waals surface area contributed by atoms with Crippen molar-refractivity contribution in [1.82, 2.24) is 9.78 Å². The molecule has 0 aliphatic rings. The van der Waals surface area contributed by atoms with Crippen molar-refractivity contribution >= 4 is 11.6 Å². The molecule has 0 aliphatic heterocycles. The van der Waals surface area contributed by atoms with E-state index in [9.17, 15) is 27.2 Å². The molecule has 0 fully saturated rings. The highest BCUT2D eigenvalue weighted by molar-refractivity contribution is 5.93. The van der Waals surface area contributed by atoms with Gasteiger partial charge >= 0.3 is 0 Å². The van der Waals surface area contributed by atoms with Crippen molar-refractivity contribution < 1.29 is 22.4 Å². The van der Waals surface area contributed by atoms with Gasteiger partial charge in [-0.2, -0.15) is 5.10 Å². The normalized spacial score (nSPS) is 11.9. The number of aromatic nitrogens is 2. The number of amides is 1. The van der Waals surface area contributed by atoms with Crippen molar-refractivity contribution in [2.75, 3.05) is 5.32 Å². The summed E-state index contributed by atoms with van der Waals surface area (Å²) in [6.45, 7) is 3.46. The minimum Gasteiger partial charge on any atom is -0.319 e. The predicted molar refractivity (Wildman–Crippen MR) is 103 cm³/mol. The van der Waals surface area contributed by atoms with Crippen LogP contribution < -0.4 is 10.9 Å². The highest BCUT2D eigenvalue weighted by Crippen LogP contribution is 2.25. The Hall–Kier alpha value is -3.49. The fourth-order valence-corrected chi connectivity index (χ4v) is 2.89. The zero-order valence-electron chi connectivity index (χ0n) is 16.0. The Balaban J connectivity index is 1.98. The molecule has 1 N–H and O–H groups in total. The van der Waals surface area contributed by atoms with Crippen LogP contribution in [0.25, 0.3) is 11.3 Å². The molecule has 1 heterocycles. The fraction of sp³-hybridized carbons (Fsp3) is 0.190. The molecule has 0 saturated carbocycles. The predicted octanol–water partition coefficient (Wildman–Crippen LogP) is 4.36. The van der Waals surface area contributed by atoms with Crippen LogP contribution >= 0.6 is 0 Å². The van der Waals surface area contributed by atoms with Crippen molar-refractivity contribution in [3.63, 3.8) is 0 Å². The van der Waals surface area contributed by atoms with Gasteiger partial charge in [0.2, 0.25) is 5.91 Å². The van der Waals surface area contributed by atoms with E-state index in [2.05, 4.69) is 5.10 Å². The first-order valence-electron chi connectivity index (χ1n) is 9.03. The molecule has 9 heteroatoms. The number of aryl methyl sites for hydroxylation is 1. The molecule has 3 aromatic rings. The Morgan fingerprint density at radius 2 is 1.63 bits per heavy atom. The topological polar surface area (TPSA) is 64.0 Å². The number of hydrogen-bond acceptors (Lipinski definition) is 3. The average Bonchev–Trinajstić information content (AvgIpc) is 2.72. The Kier molecular flexibility index (Phi) is 6.00. The summed E-state index contributed by atoms with van der Waals surface area (Å²) in [5.74, 6) is -7.85. The van der Waals surface area contributed by atoms with Crippen LogP contribution in [0.4, 0.5) is 23.2 Å². The summed E-state index contributed by atoms with van der Waals surface area (Å²) in [6, 6.07) is 8.72. The van der Waals surface area contributed by atoms with Crippen molar-refractivity contribution in [1.29, 1.82) is 0 Å². The van der Waals surface area contributed by atoms with Crippen LogP contribution in [0.1, 0.15) is 24.9 Å². The average molecular weight is 419 g/mol. The van der Waals surface area contributed by atoms with Crippen LogP contribution in [0.3, 0.4) is 0 Å². The van der Waals surface area contributed by atoms with Gasteiger partial charge < -0.3 is 5.32 Å². The van der Waals surface area contributed by atoms with Crippen molar-refractivity contribution in [3.05, 3.63) is 81.7 Å². The van der Waals surface area contributed by atoms with Crippen molar-refractivity contribution in [2.24, 2.45) is 0 Å². The van der Waals surface area contributed by atoms with Crippen LogP contribution in [0.2, 0.25) is 0 Å². The van der Waals surface area contributed by atoms with E-state index in [-0.39, 0.29) is 12.5 Å². The van der Waals surface area contributed by atoms with Gasteiger partial charge in [0.1, 0.15) is 11.7 Å². The molecule has 0 unspecified atom stereocenters. The molecule has 0 bridgehead atoms. The molecule has 5 nitrogen and oxygen atoms in total. The number of carbonyl (C=O) groups is 1. The van der Waals surface area contributed by atoms with Gasteiger partial charge in [-0.3, -0.25) is 9.59 Å². The molecule has 2 aromatic carbocycles. The fourth-order valence-electron chi connectivity index (χ4n) is 2.89. The molecule has 156 valence electrons. The molecular formula is C21H17F4N3O2.